The summed E-state index contributed by atoms with van der Waals surface area (Å²) in [6.07, 6.45) is 6.29. The number of amides is 1. The summed E-state index contributed by atoms with van der Waals surface area (Å²) >= 11 is 0. The molecule has 0 spiro atoms. The van der Waals surface area contributed by atoms with Crippen LogP contribution >= 0.6 is 0 Å². The highest BCUT2D eigenvalue weighted by molar-refractivity contribution is 5.77. The molecule has 2 N–H and O–H groups in total. The Kier molecular flexibility index (Phi) is 5.81. The number of piperidine rings is 1. The van der Waals surface area contributed by atoms with Crippen LogP contribution in [0.1, 0.15) is 38.5 Å². The second kappa shape index (κ2) is 7.38. The number of aliphatic hydroxyl groups excluding tert-OH is 1. The normalized spacial score (nSPS) is 29.4. The summed E-state index contributed by atoms with van der Waals surface area (Å²) in [6, 6.07) is 1.04. The van der Waals surface area contributed by atoms with Crippen LogP contribution in [0.4, 0.5) is 0 Å². The van der Waals surface area contributed by atoms with Gasteiger partial charge in [-0.25, -0.2) is 0 Å². The van der Waals surface area contributed by atoms with Gasteiger partial charge in [0.2, 0.25) is 5.91 Å². The van der Waals surface area contributed by atoms with Gasteiger partial charge >= 0.3 is 0 Å². The molecular weight excluding hydrogens is 254 g/mol. The molecule has 1 saturated carbocycles. The number of likely N-dealkylation sites (tertiary alicyclic amines) is 1. The minimum absolute atomic E-state index is 0.112. The van der Waals surface area contributed by atoms with Gasteiger partial charge in [0.15, 0.2) is 0 Å². The predicted molar refractivity (Wildman–Crippen MR) is 79.6 cm³/mol. The van der Waals surface area contributed by atoms with Crippen LogP contribution in [0.15, 0.2) is 0 Å². The quantitative estimate of drug-likeness (QED) is 0.786. The zero-order chi connectivity index (χ0) is 14.5. The molecular formula is C15H29N3O2. The highest BCUT2D eigenvalue weighted by Crippen LogP contribution is 2.20. The van der Waals surface area contributed by atoms with Crippen molar-refractivity contribution in [1.29, 1.82) is 0 Å². The fourth-order valence-electron chi connectivity index (χ4n) is 3.24. The molecule has 2 unspecified atom stereocenters. The fourth-order valence-corrected chi connectivity index (χ4v) is 3.24. The van der Waals surface area contributed by atoms with Crippen molar-refractivity contribution < 1.29 is 9.90 Å². The maximum Gasteiger partial charge on any atom is 0.236 e. The van der Waals surface area contributed by atoms with Crippen LogP contribution in [0.5, 0.6) is 0 Å². The summed E-state index contributed by atoms with van der Waals surface area (Å²) in [5.74, 6) is 0.187. The third kappa shape index (κ3) is 4.72. The van der Waals surface area contributed by atoms with Crippen molar-refractivity contribution >= 4 is 5.91 Å². The number of carbonyl (C=O) groups is 1. The molecule has 2 fully saturated rings. The van der Waals surface area contributed by atoms with E-state index in [4.69, 9.17) is 0 Å². The van der Waals surface area contributed by atoms with Crippen molar-refractivity contribution in [1.82, 2.24) is 15.1 Å². The number of carbonyl (C=O) groups excluding carboxylic acids is 1. The molecule has 20 heavy (non-hydrogen) atoms. The highest BCUT2D eigenvalue weighted by Gasteiger charge is 2.26. The second-order valence-corrected chi connectivity index (χ2v) is 6.52. The van der Waals surface area contributed by atoms with Crippen LogP contribution in [0.3, 0.4) is 0 Å². The predicted octanol–water partition coefficient (Wildman–Crippen LogP) is 0.432. The van der Waals surface area contributed by atoms with E-state index in [2.05, 4.69) is 10.2 Å². The van der Waals surface area contributed by atoms with Gasteiger partial charge in [0.05, 0.1) is 12.6 Å². The van der Waals surface area contributed by atoms with E-state index in [0.717, 1.165) is 45.2 Å². The molecule has 1 heterocycles. The first-order valence-corrected chi connectivity index (χ1v) is 7.91. The Hall–Kier alpha value is -0.650. The summed E-state index contributed by atoms with van der Waals surface area (Å²) in [5.41, 5.74) is 0. The van der Waals surface area contributed by atoms with E-state index >= 15 is 0 Å². The fraction of sp³-hybridized carbons (Fsp3) is 0.933. The zero-order valence-electron chi connectivity index (χ0n) is 12.8. The van der Waals surface area contributed by atoms with Gasteiger partial charge in [-0.2, -0.15) is 0 Å². The SMILES string of the molecule is CN(C)C(=O)CN1CCC(NC2CCCC(O)C2)CC1. The Labute approximate surface area is 122 Å². The van der Waals surface area contributed by atoms with Gasteiger partial charge < -0.3 is 15.3 Å². The van der Waals surface area contributed by atoms with Gasteiger partial charge in [0.1, 0.15) is 0 Å². The first-order chi connectivity index (χ1) is 9.54. The first-order valence-electron chi connectivity index (χ1n) is 7.91. The van der Waals surface area contributed by atoms with E-state index in [9.17, 15) is 9.90 Å². The van der Waals surface area contributed by atoms with Crippen LogP contribution in [-0.4, -0.2) is 72.7 Å². The topological polar surface area (TPSA) is 55.8 Å². The summed E-state index contributed by atoms with van der Waals surface area (Å²) in [6.45, 7) is 2.53. The molecule has 2 atom stereocenters. The molecule has 1 saturated heterocycles. The van der Waals surface area contributed by atoms with E-state index in [-0.39, 0.29) is 12.0 Å². The number of hydrogen-bond donors (Lipinski definition) is 2. The van der Waals surface area contributed by atoms with E-state index in [0.29, 0.717) is 18.6 Å². The smallest absolute Gasteiger partial charge is 0.236 e. The maximum absolute atomic E-state index is 11.7. The van der Waals surface area contributed by atoms with Gasteiger partial charge in [-0.1, -0.05) is 0 Å². The lowest BCUT2D eigenvalue weighted by molar-refractivity contribution is -0.130. The Balaban J connectivity index is 1.67. The Morgan fingerprint density at radius 2 is 1.90 bits per heavy atom. The number of nitrogens with one attached hydrogen (secondary N) is 1. The monoisotopic (exact) mass is 283 g/mol. The molecule has 5 nitrogen and oxygen atoms in total. The van der Waals surface area contributed by atoms with E-state index in [1.54, 1.807) is 4.90 Å². The van der Waals surface area contributed by atoms with Crippen molar-refractivity contribution in [3.63, 3.8) is 0 Å². The Bertz CT molecular complexity index is 314. The molecule has 0 aromatic carbocycles. The average molecular weight is 283 g/mol. The number of aliphatic hydroxyl groups is 1. The highest BCUT2D eigenvalue weighted by atomic mass is 16.3. The van der Waals surface area contributed by atoms with Crippen molar-refractivity contribution in [3.8, 4) is 0 Å². The molecule has 1 amide bonds. The summed E-state index contributed by atoms with van der Waals surface area (Å²) in [5, 5.41) is 13.4. The minimum atomic E-state index is -0.112. The lowest BCUT2D eigenvalue weighted by Gasteiger charge is -2.36. The molecule has 5 heteroatoms. The van der Waals surface area contributed by atoms with E-state index in [1.807, 2.05) is 14.1 Å². The summed E-state index contributed by atoms with van der Waals surface area (Å²) in [7, 11) is 3.62. The minimum Gasteiger partial charge on any atom is -0.393 e. The van der Waals surface area contributed by atoms with Gasteiger partial charge in [0, 0.05) is 39.3 Å². The first kappa shape index (κ1) is 15.7. The van der Waals surface area contributed by atoms with Crippen molar-refractivity contribution in [3.05, 3.63) is 0 Å². The third-order valence-corrected chi connectivity index (χ3v) is 4.56. The van der Waals surface area contributed by atoms with Gasteiger partial charge in [0.25, 0.3) is 0 Å². The standard InChI is InChI=1S/C15H29N3O2/c1-17(2)15(20)11-18-8-6-12(7-9-18)16-13-4-3-5-14(19)10-13/h12-14,16,19H,3-11H2,1-2H3. The zero-order valence-corrected chi connectivity index (χ0v) is 12.8. The van der Waals surface area contributed by atoms with Crippen molar-refractivity contribution in [2.75, 3.05) is 33.7 Å². The van der Waals surface area contributed by atoms with Crippen molar-refractivity contribution in [2.45, 2.75) is 56.7 Å². The third-order valence-electron chi connectivity index (χ3n) is 4.56. The molecule has 0 aromatic heterocycles. The molecule has 2 aliphatic rings. The number of likely N-dealkylation sites (N-methyl/N-ethyl adjacent to an activating group) is 1. The Morgan fingerprint density at radius 3 is 2.50 bits per heavy atom. The van der Waals surface area contributed by atoms with Crippen LogP contribution in [0.25, 0.3) is 0 Å². The lowest BCUT2D eigenvalue weighted by Crippen LogP contribution is -2.49. The summed E-state index contributed by atoms with van der Waals surface area (Å²) in [4.78, 5) is 15.6. The second-order valence-electron chi connectivity index (χ2n) is 6.52. The molecule has 2 rings (SSSR count). The number of rotatable bonds is 4. The van der Waals surface area contributed by atoms with Gasteiger partial charge in [-0.3, -0.25) is 9.69 Å². The van der Waals surface area contributed by atoms with Crippen LogP contribution in [-0.2, 0) is 4.79 Å². The lowest BCUT2D eigenvalue weighted by atomic mass is 9.91. The molecule has 1 aliphatic heterocycles. The Morgan fingerprint density at radius 1 is 1.20 bits per heavy atom. The van der Waals surface area contributed by atoms with Crippen LogP contribution in [0, 0.1) is 0 Å². The molecule has 0 radical (unpaired) electrons. The average Bonchev–Trinajstić information content (AvgIpc) is 2.41. The van der Waals surface area contributed by atoms with E-state index < -0.39 is 0 Å². The van der Waals surface area contributed by atoms with Crippen molar-refractivity contribution in [2.24, 2.45) is 0 Å². The number of hydrogen-bond acceptors (Lipinski definition) is 4. The number of nitrogens with zero attached hydrogens (tertiary/aromatic N) is 2. The van der Waals surface area contributed by atoms with E-state index in [1.165, 1.54) is 6.42 Å². The summed E-state index contributed by atoms with van der Waals surface area (Å²) < 4.78 is 0. The largest absolute Gasteiger partial charge is 0.393 e. The molecule has 0 aromatic rings. The maximum atomic E-state index is 11.7. The molecule has 1 aliphatic carbocycles. The van der Waals surface area contributed by atoms with Gasteiger partial charge in [-0.05, 0) is 38.5 Å². The molecule has 116 valence electrons. The van der Waals surface area contributed by atoms with Gasteiger partial charge in [-0.15, -0.1) is 0 Å². The van der Waals surface area contributed by atoms with Crippen LogP contribution in [0.2, 0.25) is 0 Å². The van der Waals surface area contributed by atoms with Crippen LogP contribution < -0.4 is 5.32 Å². The molecule has 0 bridgehead atoms.